The smallest absolute Gasteiger partial charge is 0.336 e. The maximum atomic E-state index is 12.6. The molecule has 1 aliphatic carbocycles. The molecule has 4 heteroatoms. The molecule has 0 fully saturated rings. The average Bonchev–Trinajstić information content (AvgIpc) is 2.54. The second kappa shape index (κ2) is 6.41. The minimum absolute atomic E-state index is 0.127. The SMILES string of the molecule is CCOC(=O)C1=C(C)NC2=C(C(=O)CCC2)[C@H]1c1ccccc1. The Hall–Kier alpha value is -2.36. The minimum atomic E-state index is -0.351. The van der Waals surface area contributed by atoms with Crippen LogP contribution in [-0.4, -0.2) is 18.4 Å². The topological polar surface area (TPSA) is 55.4 Å². The van der Waals surface area contributed by atoms with Crippen LogP contribution in [0.15, 0.2) is 52.9 Å². The van der Waals surface area contributed by atoms with E-state index in [0.29, 0.717) is 18.6 Å². The summed E-state index contributed by atoms with van der Waals surface area (Å²) in [6, 6.07) is 9.74. The van der Waals surface area contributed by atoms with Crippen LogP contribution in [0.1, 0.15) is 44.6 Å². The lowest BCUT2D eigenvalue weighted by molar-refractivity contribution is -0.138. The summed E-state index contributed by atoms with van der Waals surface area (Å²) in [7, 11) is 0. The van der Waals surface area contributed by atoms with E-state index in [1.54, 1.807) is 6.92 Å². The van der Waals surface area contributed by atoms with Crippen LogP contribution in [0.25, 0.3) is 0 Å². The van der Waals surface area contributed by atoms with Gasteiger partial charge >= 0.3 is 5.97 Å². The van der Waals surface area contributed by atoms with E-state index in [0.717, 1.165) is 35.4 Å². The van der Waals surface area contributed by atoms with Gasteiger partial charge in [-0.1, -0.05) is 30.3 Å². The lowest BCUT2D eigenvalue weighted by atomic mass is 9.75. The number of ether oxygens (including phenoxy) is 1. The molecule has 1 aromatic carbocycles. The lowest BCUT2D eigenvalue weighted by Crippen LogP contribution is -2.34. The molecule has 1 N–H and O–H groups in total. The first-order chi connectivity index (χ1) is 11.1. The number of rotatable bonds is 3. The molecule has 3 rings (SSSR count). The summed E-state index contributed by atoms with van der Waals surface area (Å²) in [4.78, 5) is 25.1. The number of carbonyl (C=O) groups excluding carboxylic acids is 2. The van der Waals surface area contributed by atoms with Crippen LogP contribution in [0.5, 0.6) is 0 Å². The summed E-state index contributed by atoms with van der Waals surface area (Å²) < 4.78 is 5.25. The molecule has 0 amide bonds. The van der Waals surface area contributed by atoms with E-state index in [-0.39, 0.29) is 17.7 Å². The van der Waals surface area contributed by atoms with E-state index in [9.17, 15) is 9.59 Å². The van der Waals surface area contributed by atoms with Gasteiger partial charge in [-0.15, -0.1) is 0 Å². The van der Waals surface area contributed by atoms with Crippen LogP contribution in [0.2, 0.25) is 0 Å². The van der Waals surface area contributed by atoms with Gasteiger partial charge in [-0.2, -0.15) is 0 Å². The average molecular weight is 311 g/mol. The predicted molar refractivity (Wildman–Crippen MR) is 87.5 cm³/mol. The van der Waals surface area contributed by atoms with Gasteiger partial charge in [0.2, 0.25) is 0 Å². The van der Waals surface area contributed by atoms with Crippen molar-refractivity contribution in [2.45, 2.75) is 39.0 Å². The van der Waals surface area contributed by atoms with Gasteiger partial charge in [0.25, 0.3) is 0 Å². The van der Waals surface area contributed by atoms with E-state index in [2.05, 4.69) is 5.32 Å². The highest BCUT2D eigenvalue weighted by molar-refractivity contribution is 6.03. The van der Waals surface area contributed by atoms with Crippen LogP contribution < -0.4 is 5.32 Å². The van der Waals surface area contributed by atoms with Gasteiger partial charge in [-0.3, -0.25) is 4.79 Å². The normalized spacial score (nSPS) is 21.0. The highest BCUT2D eigenvalue weighted by atomic mass is 16.5. The zero-order valence-corrected chi connectivity index (χ0v) is 13.5. The van der Waals surface area contributed by atoms with Crippen LogP contribution in [0.3, 0.4) is 0 Å². The Morgan fingerprint density at radius 3 is 2.70 bits per heavy atom. The molecule has 0 spiro atoms. The third kappa shape index (κ3) is 2.81. The Morgan fingerprint density at radius 2 is 2.00 bits per heavy atom. The third-order valence-electron chi connectivity index (χ3n) is 4.40. The van der Waals surface area contributed by atoms with E-state index in [4.69, 9.17) is 4.74 Å². The number of nitrogens with one attached hydrogen (secondary N) is 1. The number of dihydropyridines is 1. The van der Waals surface area contributed by atoms with Gasteiger partial charge in [0.1, 0.15) is 0 Å². The number of esters is 1. The number of carbonyl (C=O) groups is 2. The van der Waals surface area contributed by atoms with Gasteiger partial charge in [-0.25, -0.2) is 4.79 Å². The van der Waals surface area contributed by atoms with Gasteiger partial charge in [0.05, 0.1) is 12.2 Å². The highest BCUT2D eigenvalue weighted by Gasteiger charge is 2.38. The molecule has 0 unspecified atom stereocenters. The van der Waals surface area contributed by atoms with Crippen molar-refractivity contribution in [3.63, 3.8) is 0 Å². The summed E-state index contributed by atoms with van der Waals surface area (Å²) in [5.74, 6) is -0.558. The zero-order chi connectivity index (χ0) is 16.4. The van der Waals surface area contributed by atoms with Crippen molar-refractivity contribution in [1.29, 1.82) is 0 Å². The monoisotopic (exact) mass is 311 g/mol. The molecule has 0 aromatic heterocycles. The molecule has 1 heterocycles. The quantitative estimate of drug-likeness (QED) is 0.871. The van der Waals surface area contributed by atoms with Crippen molar-refractivity contribution in [1.82, 2.24) is 5.32 Å². The first-order valence-corrected chi connectivity index (χ1v) is 8.09. The fourth-order valence-corrected chi connectivity index (χ4v) is 3.44. The van der Waals surface area contributed by atoms with Crippen LogP contribution >= 0.6 is 0 Å². The van der Waals surface area contributed by atoms with Crippen LogP contribution in [0.4, 0.5) is 0 Å². The van der Waals surface area contributed by atoms with E-state index in [1.165, 1.54) is 0 Å². The van der Waals surface area contributed by atoms with Gasteiger partial charge in [0.15, 0.2) is 5.78 Å². The molecule has 23 heavy (non-hydrogen) atoms. The Balaban J connectivity index is 2.15. The molecule has 0 bridgehead atoms. The molecular formula is C19H21NO3. The van der Waals surface area contributed by atoms with Crippen molar-refractivity contribution < 1.29 is 14.3 Å². The predicted octanol–water partition coefficient (Wildman–Crippen LogP) is 3.22. The summed E-state index contributed by atoms with van der Waals surface area (Å²) in [5.41, 5.74) is 3.98. The number of allylic oxidation sites excluding steroid dienone is 3. The highest BCUT2D eigenvalue weighted by Crippen LogP contribution is 2.42. The maximum Gasteiger partial charge on any atom is 0.336 e. The number of hydrogen-bond acceptors (Lipinski definition) is 4. The summed E-state index contributed by atoms with van der Waals surface area (Å²) in [6.45, 7) is 3.99. The Kier molecular flexibility index (Phi) is 4.33. The maximum absolute atomic E-state index is 12.6. The number of Topliss-reactive ketones (excluding diaryl/α,β-unsaturated/α-hetero) is 1. The molecule has 1 aromatic rings. The standard InChI is InChI=1S/C19H21NO3/c1-3-23-19(22)16-12(2)20-14-10-7-11-15(21)18(14)17(16)13-8-5-4-6-9-13/h4-6,8-9,17,20H,3,7,10-11H2,1-2H3/t17-/m0/s1. The van der Waals surface area contributed by atoms with Crippen LogP contribution in [-0.2, 0) is 14.3 Å². The van der Waals surface area contributed by atoms with Gasteiger partial charge < -0.3 is 10.1 Å². The zero-order valence-electron chi connectivity index (χ0n) is 13.5. The van der Waals surface area contributed by atoms with E-state index >= 15 is 0 Å². The third-order valence-corrected chi connectivity index (χ3v) is 4.40. The number of ketones is 1. The molecule has 120 valence electrons. The number of hydrogen-bond donors (Lipinski definition) is 1. The summed E-state index contributed by atoms with van der Waals surface area (Å²) in [5, 5.41) is 3.28. The second-order valence-electron chi connectivity index (χ2n) is 5.90. The molecular weight excluding hydrogens is 290 g/mol. The Morgan fingerprint density at radius 1 is 1.26 bits per heavy atom. The van der Waals surface area contributed by atoms with Crippen molar-refractivity contribution in [2.24, 2.45) is 0 Å². The molecule has 0 radical (unpaired) electrons. The van der Waals surface area contributed by atoms with Crippen molar-refractivity contribution in [2.75, 3.05) is 6.61 Å². The lowest BCUT2D eigenvalue weighted by Gasteiger charge is -2.34. The molecule has 2 aliphatic rings. The first kappa shape index (κ1) is 15.5. The van der Waals surface area contributed by atoms with Gasteiger partial charge in [-0.05, 0) is 32.3 Å². The summed E-state index contributed by atoms with van der Waals surface area (Å²) >= 11 is 0. The van der Waals surface area contributed by atoms with Crippen LogP contribution in [0, 0.1) is 0 Å². The van der Waals surface area contributed by atoms with Crippen molar-refractivity contribution >= 4 is 11.8 Å². The number of benzene rings is 1. The molecule has 0 saturated heterocycles. The van der Waals surface area contributed by atoms with Crippen molar-refractivity contribution in [3.8, 4) is 0 Å². The fraction of sp³-hybridized carbons (Fsp3) is 0.368. The summed E-state index contributed by atoms with van der Waals surface area (Å²) in [6.07, 6.45) is 2.24. The molecule has 0 saturated carbocycles. The van der Waals surface area contributed by atoms with E-state index < -0.39 is 0 Å². The fourth-order valence-electron chi connectivity index (χ4n) is 3.44. The molecule has 1 aliphatic heterocycles. The minimum Gasteiger partial charge on any atom is -0.463 e. The van der Waals surface area contributed by atoms with Crippen molar-refractivity contribution in [3.05, 3.63) is 58.4 Å². The molecule has 1 atom stereocenters. The van der Waals surface area contributed by atoms with Gasteiger partial charge in [0, 0.05) is 29.3 Å². The Bertz CT molecular complexity index is 701. The Labute approximate surface area is 136 Å². The molecule has 4 nitrogen and oxygen atoms in total. The largest absolute Gasteiger partial charge is 0.463 e. The first-order valence-electron chi connectivity index (χ1n) is 8.09. The second-order valence-corrected chi connectivity index (χ2v) is 5.90. The van der Waals surface area contributed by atoms with E-state index in [1.807, 2.05) is 37.3 Å².